The molecule has 1 aliphatic heterocycles. The quantitative estimate of drug-likeness (QED) is 0.766. The molecule has 134 valence electrons. The average molecular weight is 349 g/mol. The fraction of sp³-hybridized carbons (Fsp3) is 0.227. The van der Waals surface area contributed by atoms with Crippen molar-refractivity contribution in [2.24, 2.45) is 0 Å². The number of hydrogen-bond donors (Lipinski definition) is 0. The molecule has 26 heavy (non-hydrogen) atoms. The van der Waals surface area contributed by atoms with Crippen LogP contribution in [0.15, 0.2) is 72.3 Å². The standard InChI is InChI=1S/C22H23NO3/c1-4-25-22(24)19-15-18(16-11-7-5-8-12-16)21(23(2)3)26-20(19)17-13-9-6-10-14-17/h5-15,21H,4H2,1-3H3/t21-/m0/s1. The van der Waals surface area contributed by atoms with E-state index in [1.165, 1.54) is 0 Å². The van der Waals surface area contributed by atoms with Gasteiger partial charge in [-0.15, -0.1) is 0 Å². The van der Waals surface area contributed by atoms with E-state index in [2.05, 4.69) is 0 Å². The van der Waals surface area contributed by atoms with E-state index in [4.69, 9.17) is 9.47 Å². The van der Waals surface area contributed by atoms with Crippen LogP contribution in [-0.4, -0.2) is 37.8 Å². The maximum Gasteiger partial charge on any atom is 0.341 e. The molecule has 0 saturated heterocycles. The monoisotopic (exact) mass is 349 g/mol. The van der Waals surface area contributed by atoms with Gasteiger partial charge in [-0.25, -0.2) is 4.79 Å². The molecule has 0 bridgehead atoms. The first-order chi connectivity index (χ1) is 12.6. The molecule has 4 heteroatoms. The molecule has 0 radical (unpaired) electrons. The highest BCUT2D eigenvalue weighted by molar-refractivity contribution is 6.02. The van der Waals surface area contributed by atoms with Crippen molar-refractivity contribution < 1.29 is 14.3 Å². The lowest BCUT2D eigenvalue weighted by Crippen LogP contribution is -2.34. The van der Waals surface area contributed by atoms with E-state index < -0.39 is 0 Å². The van der Waals surface area contributed by atoms with Gasteiger partial charge in [-0.3, -0.25) is 4.90 Å². The largest absolute Gasteiger partial charge is 0.469 e. The predicted molar refractivity (Wildman–Crippen MR) is 103 cm³/mol. The summed E-state index contributed by atoms with van der Waals surface area (Å²) in [6.45, 7) is 2.12. The van der Waals surface area contributed by atoms with Gasteiger partial charge in [0.2, 0.25) is 0 Å². The summed E-state index contributed by atoms with van der Waals surface area (Å²) in [5.74, 6) is 0.166. The van der Waals surface area contributed by atoms with Crippen LogP contribution in [0, 0.1) is 0 Å². The molecule has 1 aliphatic rings. The zero-order chi connectivity index (χ0) is 18.5. The van der Waals surface area contributed by atoms with Gasteiger partial charge in [0, 0.05) is 11.1 Å². The first-order valence-corrected chi connectivity index (χ1v) is 8.68. The van der Waals surface area contributed by atoms with Gasteiger partial charge in [0.15, 0.2) is 6.23 Å². The Morgan fingerprint density at radius 2 is 1.58 bits per heavy atom. The van der Waals surface area contributed by atoms with Crippen LogP contribution in [0.5, 0.6) is 0 Å². The molecule has 0 aromatic heterocycles. The van der Waals surface area contributed by atoms with Gasteiger partial charge in [0.05, 0.1) is 6.61 Å². The van der Waals surface area contributed by atoms with Crippen LogP contribution < -0.4 is 0 Å². The molecule has 4 nitrogen and oxygen atoms in total. The summed E-state index contributed by atoms with van der Waals surface area (Å²) in [7, 11) is 3.92. The van der Waals surface area contributed by atoms with E-state index in [0.29, 0.717) is 17.9 Å². The Balaban J connectivity index is 2.17. The Labute approximate surface area is 154 Å². The molecular weight excluding hydrogens is 326 g/mol. The third-order valence-electron chi connectivity index (χ3n) is 4.15. The van der Waals surface area contributed by atoms with E-state index >= 15 is 0 Å². The molecular formula is C22H23NO3. The number of hydrogen-bond acceptors (Lipinski definition) is 4. The van der Waals surface area contributed by atoms with Gasteiger partial charge >= 0.3 is 5.97 Å². The zero-order valence-electron chi connectivity index (χ0n) is 15.3. The van der Waals surface area contributed by atoms with E-state index in [1.807, 2.05) is 85.7 Å². The molecule has 0 unspecified atom stereocenters. The molecule has 2 aromatic carbocycles. The smallest absolute Gasteiger partial charge is 0.341 e. The lowest BCUT2D eigenvalue weighted by molar-refractivity contribution is -0.138. The first kappa shape index (κ1) is 18.0. The fourth-order valence-electron chi connectivity index (χ4n) is 2.94. The summed E-state index contributed by atoms with van der Waals surface area (Å²) in [5, 5.41) is 0. The van der Waals surface area contributed by atoms with Crippen LogP contribution in [-0.2, 0) is 14.3 Å². The number of carbonyl (C=O) groups is 1. The molecule has 0 N–H and O–H groups in total. The highest BCUT2D eigenvalue weighted by Crippen LogP contribution is 2.36. The predicted octanol–water partition coefficient (Wildman–Crippen LogP) is 3.96. The van der Waals surface area contributed by atoms with Crippen LogP contribution in [0.3, 0.4) is 0 Å². The van der Waals surface area contributed by atoms with Crippen molar-refractivity contribution in [3.05, 3.63) is 83.4 Å². The summed E-state index contributed by atoms with van der Waals surface area (Å²) in [6, 6.07) is 19.6. The number of benzene rings is 2. The number of ether oxygens (including phenoxy) is 2. The van der Waals surface area contributed by atoms with Gasteiger partial charge < -0.3 is 9.47 Å². The lowest BCUT2D eigenvalue weighted by Gasteiger charge is -2.33. The van der Waals surface area contributed by atoms with Crippen molar-refractivity contribution in [3.8, 4) is 0 Å². The molecule has 0 saturated carbocycles. The Bertz CT molecular complexity index is 823. The van der Waals surface area contributed by atoms with Crippen LogP contribution in [0.25, 0.3) is 11.3 Å². The van der Waals surface area contributed by atoms with Gasteiger partial charge in [-0.2, -0.15) is 0 Å². The van der Waals surface area contributed by atoms with Crippen LogP contribution in [0.2, 0.25) is 0 Å². The highest BCUT2D eigenvalue weighted by atomic mass is 16.5. The van der Waals surface area contributed by atoms with E-state index in [1.54, 1.807) is 6.92 Å². The van der Waals surface area contributed by atoms with Gasteiger partial charge in [-0.1, -0.05) is 60.7 Å². The third kappa shape index (κ3) is 3.70. The topological polar surface area (TPSA) is 38.8 Å². The minimum atomic E-state index is -0.378. The molecule has 0 spiro atoms. The van der Waals surface area contributed by atoms with Crippen molar-refractivity contribution in [1.82, 2.24) is 4.90 Å². The Kier molecular flexibility index (Phi) is 5.54. The summed E-state index contributed by atoms with van der Waals surface area (Å²) >= 11 is 0. The number of nitrogens with zero attached hydrogens (tertiary/aromatic N) is 1. The summed E-state index contributed by atoms with van der Waals surface area (Å²) in [4.78, 5) is 14.6. The maximum absolute atomic E-state index is 12.6. The second-order valence-electron chi connectivity index (χ2n) is 6.23. The Morgan fingerprint density at radius 3 is 2.12 bits per heavy atom. The van der Waals surface area contributed by atoms with E-state index in [9.17, 15) is 4.79 Å². The fourth-order valence-corrected chi connectivity index (χ4v) is 2.94. The Hall–Kier alpha value is -2.85. The van der Waals surface area contributed by atoms with E-state index in [0.717, 1.165) is 16.7 Å². The maximum atomic E-state index is 12.6. The normalized spacial score (nSPS) is 16.9. The molecule has 2 aromatic rings. The first-order valence-electron chi connectivity index (χ1n) is 8.68. The summed E-state index contributed by atoms with van der Waals surface area (Å²) in [6.07, 6.45) is 1.59. The molecule has 0 amide bonds. The van der Waals surface area contributed by atoms with Gasteiger partial charge in [-0.05, 0) is 32.7 Å². The minimum Gasteiger partial charge on any atom is -0.469 e. The van der Waals surface area contributed by atoms with Gasteiger partial charge in [0.25, 0.3) is 0 Å². The third-order valence-corrected chi connectivity index (χ3v) is 4.15. The van der Waals surface area contributed by atoms with E-state index in [-0.39, 0.29) is 12.2 Å². The summed E-state index contributed by atoms with van der Waals surface area (Å²) in [5.41, 5.74) is 3.24. The number of likely N-dealkylation sites (N-methyl/N-ethyl adjacent to an activating group) is 1. The van der Waals surface area contributed by atoms with Crippen LogP contribution in [0.1, 0.15) is 18.1 Å². The van der Waals surface area contributed by atoms with Crippen LogP contribution in [0.4, 0.5) is 0 Å². The molecule has 0 fully saturated rings. The van der Waals surface area contributed by atoms with Crippen molar-refractivity contribution in [2.75, 3.05) is 20.7 Å². The lowest BCUT2D eigenvalue weighted by atomic mass is 9.96. The number of esters is 1. The van der Waals surface area contributed by atoms with Crippen molar-refractivity contribution in [3.63, 3.8) is 0 Å². The second-order valence-corrected chi connectivity index (χ2v) is 6.23. The number of carbonyl (C=O) groups excluding carboxylic acids is 1. The molecule has 1 atom stereocenters. The van der Waals surface area contributed by atoms with Crippen molar-refractivity contribution in [1.29, 1.82) is 0 Å². The number of rotatable bonds is 5. The second kappa shape index (κ2) is 8.02. The van der Waals surface area contributed by atoms with Crippen LogP contribution >= 0.6 is 0 Å². The zero-order valence-corrected chi connectivity index (χ0v) is 15.3. The minimum absolute atomic E-state index is 0.300. The molecule has 1 heterocycles. The molecule has 0 aliphatic carbocycles. The highest BCUT2D eigenvalue weighted by Gasteiger charge is 2.31. The Morgan fingerprint density at radius 1 is 1.00 bits per heavy atom. The SMILES string of the molecule is CCOC(=O)C1=C(c2ccccc2)O[C@H](N(C)C)C(c2ccccc2)=C1. The molecule has 3 rings (SSSR count). The van der Waals surface area contributed by atoms with Gasteiger partial charge in [0.1, 0.15) is 11.3 Å². The summed E-state index contributed by atoms with van der Waals surface area (Å²) < 4.78 is 11.6. The van der Waals surface area contributed by atoms with Crippen molar-refractivity contribution in [2.45, 2.75) is 13.2 Å². The van der Waals surface area contributed by atoms with Crippen molar-refractivity contribution >= 4 is 17.3 Å². The average Bonchev–Trinajstić information content (AvgIpc) is 2.68.